The van der Waals surface area contributed by atoms with Gasteiger partial charge in [-0.2, -0.15) is 5.10 Å². The van der Waals surface area contributed by atoms with Crippen LogP contribution in [0.4, 0.5) is 5.82 Å². The van der Waals surface area contributed by atoms with Gasteiger partial charge in [-0.25, -0.2) is 4.68 Å². The number of nitrogens with one attached hydrogen (secondary N) is 1. The summed E-state index contributed by atoms with van der Waals surface area (Å²) in [4.78, 5) is 0. The summed E-state index contributed by atoms with van der Waals surface area (Å²) in [6, 6.07) is 16.7. The molecular weight excluding hydrogens is 322 g/mol. The molecule has 0 atom stereocenters. The van der Waals surface area contributed by atoms with Gasteiger partial charge >= 0.3 is 0 Å². The zero-order valence-electron chi connectivity index (χ0n) is 15.5. The maximum atomic E-state index is 5.54. The van der Waals surface area contributed by atoms with Crippen LogP contribution in [0.5, 0.6) is 5.75 Å². The van der Waals surface area contributed by atoms with Gasteiger partial charge in [-0.15, -0.1) is 0 Å². The van der Waals surface area contributed by atoms with E-state index in [1.165, 1.54) is 29.5 Å². The van der Waals surface area contributed by atoms with Gasteiger partial charge in [0, 0.05) is 24.1 Å². The molecule has 26 heavy (non-hydrogen) atoms. The van der Waals surface area contributed by atoms with Gasteiger partial charge < -0.3 is 10.1 Å². The molecule has 0 aliphatic carbocycles. The molecule has 1 aliphatic rings. The highest BCUT2D eigenvalue weighted by Gasteiger charge is 2.21. The van der Waals surface area contributed by atoms with E-state index in [1.807, 2.05) is 12.1 Å². The van der Waals surface area contributed by atoms with Gasteiger partial charge in [-0.05, 0) is 49.9 Å². The molecule has 0 saturated carbocycles. The van der Waals surface area contributed by atoms with Crippen molar-refractivity contribution in [3.63, 3.8) is 0 Å². The van der Waals surface area contributed by atoms with Crippen LogP contribution in [0.2, 0.25) is 0 Å². The Kier molecular flexibility index (Phi) is 4.65. The fraction of sp³-hybridized carbons (Fsp3) is 0.318. The SMILES string of the molecule is COc1ccccc1Cc1nn(-c2cccc(C)c2)c2c1CCCCN2. The molecular formula is C22H25N3O. The van der Waals surface area contributed by atoms with Gasteiger partial charge in [-0.3, -0.25) is 0 Å². The predicted molar refractivity (Wildman–Crippen MR) is 106 cm³/mol. The molecule has 3 aromatic rings. The molecule has 0 unspecified atom stereocenters. The molecule has 4 heteroatoms. The van der Waals surface area contributed by atoms with E-state index >= 15 is 0 Å². The van der Waals surface area contributed by atoms with Crippen LogP contribution >= 0.6 is 0 Å². The molecule has 134 valence electrons. The van der Waals surface area contributed by atoms with Crippen LogP contribution in [0.1, 0.15) is 35.2 Å². The van der Waals surface area contributed by atoms with E-state index in [-0.39, 0.29) is 0 Å². The standard InChI is InChI=1S/C22H25N3O/c1-16-8-7-10-18(14-16)25-22-19(11-5-6-13-23-22)20(24-25)15-17-9-3-4-12-21(17)26-2/h3-4,7-10,12,14,23H,5-6,11,13,15H2,1-2H3. The van der Waals surface area contributed by atoms with Crippen molar-refractivity contribution >= 4 is 5.82 Å². The molecule has 0 saturated heterocycles. The van der Waals surface area contributed by atoms with Crippen molar-refractivity contribution in [3.8, 4) is 11.4 Å². The quantitative estimate of drug-likeness (QED) is 0.754. The number of methoxy groups -OCH3 is 1. The number of rotatable bonds is 4. The van der Waals surface area contributed by atoms with Crippen molar-refractivity contribution in [3.05, 3.63) is 70.9 Å². The van der Waals surface area contributed by atoms with E-state index in [0.29, 0.717) is 0 Å². The first-order valence-electron chi connectivity index (χ1n) is 9.30. The van der Waals surface area contributed by atoms with Crippen LogP contribution in [0.25, 0.3) is 5.69 Å². The molecule has 4 rings (SSSR count). The zero-order chi connectivity index (χ0) is 17.9. The number of ether oxygens (including phenoxy) is 1. The van der Waals surface area contributed by atoms with E-state index in [2.05, 4.69) is 53.3 Å². The highest BCUT2D eigenvalue weighted by molar-refractivity contribution is 5.56. The van der Waals surface area contributed by atoms with E-state index < -0.39 is 0 Å². The summed E-state index contributed by atoms with van der Waals surface area (Å²) < 4.78 is 7.63. The number of hydrogen-bond donors (Lipinski definition) is 1. The van der Waals surface area contributed by atoms with Gasteiger partial charge in [0.2, 0.25) is 0 Å². The highest BCUT2D eigenvalue weighted by Crippen LogP contribution is 2.31. The Balaban J connectivity index is 1.80. The summed E-state index contributed by atoms with van der Waals surface area (Å²) in [5.41, 5.74) is 6.01. The molecule has 1 N–H and O–H groups in total. The summed E-state index contributed by atoms with van der Waals surface area (Å²) in [5, 5.41) is 8.63. The lowest BCUT2D eigenvalue weighted by atomic mass is 10.0. The molecule has 4 nitrogen and oxygen atoms in total. The van der Waals surface area contributed by atoms with Crippen molar-refractivity contribution < 1.29 is 4.74 Å². The minimum Gasteiger partial charge on any atom is -0.496 e. The Hall–Kier alpha value is -2.75. The molecule has 1 aliphatic heterocycles. The molecule has 0 spiro atoms. The van der Waals surface area contributed by atoms with Crippen LogP contribution in [0.15, 0.2) is 48.5 Å². The Labute approximate surface area is 154 Å². The maximum Gasteiger partial charge on any atom is 0.133 e. The van der Waals surface area contributed by atoms with Gasteiger partial charge in [-0.1, -0.05) is 30.3 Å². The second-order valence-corrected chi connectivity index (χ2v) is 6.90. The number of para-hydroxylation sites is 1. The zero-order valence-corrected chi connectivity index (χ0v) is 15.5. The van der Waals surface area contributed by atoms with Crippen molar-refractivity contribution in [2.75, 3.05) is 19.0 Å². The number of aromatic nitrogens is 2. The largest absolute Gasteiger partial charge is 0.496 e. The van der Waals surface area contributed by atoms with Crippen LogP contribution < -0.4 is 10.1 Å². The fourth-order valence-corrected chi connectivity index (χ4v) is 3.69. The third kappa shape index (κ3) is 3.19. The summed E-state index contributed by atoms with van der Waals surface area (Å²) in [6.45, 7) is 3.12. The average Bonchev–Trinajstić information content (AvgIpc) is 2.83. The first-order chi connectivity index (χ1) is 12.8. The molecule has 0 bridgehead atoms. The normalized spacial score (nSPS) is 13.6. The third-order valence-corrected chi connectivity index (χ3v) is 5.01. The smallest absolute Gasteiger partial charge is 0.133 e. The number of nitrogens with zero attached hydrogens (tertiary/aromatic N) is 2. The molecule has 0 radical (unpaired) electrons. The van der Waals surface area contributed by atoms with Crippen molar-refractivity contribution in [1.29, 1.82) is 0 Å². The van der Waals surface area contributed by atoms with Crippen LogP contribution in [-0.2, 0) is 12.8 Å². The second-order valence-electron chi connectivity index (χ2n) is 6.90. The van der Waals surface area contributed by atoms with Crippen LogP contribution in [0.3, 0.4) is 0 Å². The summed E-state index contributed by atoms with van der Waals surface area (Å²) in [5.74, 6) is 2.07. The minimum atomic E-state index is 0.785. The number of anilines is 1. The predicted octanol–water partition coefficient (Wildman–Crippen LogP) is 4.53. The van der Waals surface area contributed by atoms with Gasteiger partial charge in [0.1, 0.15) is 11.6 Å². The number of benzene rings is 2. The van der Waals surface area contributed by atoms with Gasteiger partial charge in [0.25, 0.3) is 0 Å². The number of hydrogen-bond acceptors (Lipinski definition) is 3. The average molecular weight is 347 g/mol. The van der Waals surface area contributed by atoms with E-state index in [0.717, 1.165) is 42.3 Å². The Bertz CT molecular complexity index is 914. The molecule has 0 amide bonds. The lowest BCUT2D eigenvalue weighted by Crippen LogP contribution is -2.07. The topological polar surface area (TPSA) is 39.1 Å². The Morgan fingerprint density at radius 2 is 2.00 bits per heavy atom. The minimum absolute atomic E-state index is 0.785. The van der Waals surface area contributed by atoms with Crippen molar-refractivity contribution in [1.82, 2.24) is 9.78 Å². The molecule has 1 aromatic heterocycles. The second kappa shape index (κ2) is 7.24. The molecule has 2 heterocycles. The summed E-state index contributed by atoms with van der Waals surface area (Å²) in [6.07, 6.45) is 4.24. The first kappa shape index (κ1) is 16.7. The number of aryl methyl sites for hydroxylation is 1. The van der Waals surface area contributed by atoms with Crippen LogP contribution in [-0.4, -0.2) is 23.4 Å². The van der Waals surface area contributed by atoms with Gasteiger partial charge in [0.15, 0.2) is 0 Å². The Morgan fingerprint density at radius 3 is 2.85 bits per heavy atom. The summed E-state index contributed by atoms with van der Waals surface area (Å²) >= 11 is 0. The maximum absolute atomic E-state index is 5.54. The summed E-state index contributed by atoms with van der Waals surface area (Å²) in [7, 11) is 1.73. The lowest BCUT2D eigenvalue weighted by Gasteiger charge is -2.09. The number of fused-ring (bicyclic) bond motifs is 1. The molecule has 0 fully saturated rings. The highest BCUT2D eigenvalue weighted by atomic mass is 16.5. The van der Waals surface area contributed by atoms with E-state index in [4.69, 9.17) is 9.84 Å². The van der Waals surface area contributed by atoms with E-state index in [9.17, 15) is 0 Å². The van der Waals surface area contributed by atoms with Crippen molar-refractivity contribution in [2.45, 2.75) is 32.6 Å². The van der Waals surface area contributed by atoms with E-state index in [1.54, 1.807) is 7.11 Å². The van der Waals surface area contributed by atoms with Crippen LogP contribution in [0, 0.1) is 6.92 Å². The fourth-order valence-electron chi connectivity index (χ4n) is 3.69. The molecule has 2 aromatic carbocycles. The Morgan fingerprint density at radius 1 is 1.12 bits per heavy atom. The first-order valence-corrected chi connectivity index (χ1v) is 9.30. The monoisotopic (exact) mass is 347 g/mol. The lowest BCUT2D eigenvalue weighted by molar-refractivity contribution is 0.410. The third-order valence-electron chi connectivity index (χ3n) is 5.01. The van der Waals surface area contributed by atoms with Crippen molar-refractivity contribution in [2.24, 2.45) is 0 Å². The van der Waals surface area contributed by atoms with Gasteiger partial charge in [0.05, 0.1) is 18.5 Å².